The van der Waals surface area contributed by atoms with Crippen molar-refractivity contribution in [3.05, 3.63) is 19.2 Å². The molecule has 3 N–H and O–H groups in total. The number of halogens is 2. The molecule has 0 amide bonds. The van der Waals surface area contributed by atoms with Gasteiger partial charge in [-0.25, -0.2) is 0 Å². The molecule has 0 aliphatic heterocycles. The fraction of sp³-hybridized carbons (Fsp3) is 0.286. The van der Waals surface area contributed by atoms with Crippen molar-refractivity contribution in [1.29, 1.82) is 0 Å². The Morgan fingerprint density at radius 2 is 2.31 bits per heavy atom. The molecule has 13 heavy (non-hydrogen) atoms. The zero-order valence-electron chi connectivity index (χ0n) is 6.46. The van der Waals surface area contributed by atoms with Crippen molar-refractivity contribution in [3.63, 3.8) is 0 Å². The lowest BCUT2D eigenvalue weighted by molar-refractivity contribution is -0.138. The first kappa shape index (κ1) is 11.2. The van der Waals surface area contributed by atoms with Crippen LogP contribution in [0.4, 0.5) is 0 Å². The number of hydrogen-bond acceptors (Lipinski definition) is 3. The average molecular weight is 329 g/mol. The second-order valence-electron chi connectivity index (χ2n) is 2.50. The normalized spacial score (nSPS) is 12.8. The zero-order valence-corrected chi connectivity index (χ0v) is 10.4. The topological polar surface area (TPSA) is 63.3 Å². The molecular formula is C7H7Br2NO2S. The number of carbonyl (C=O) groups is 1. The van der Waals surface area contributed by atoms with Crippen LogP contribution in [0.2, 0.25) is 0 Å². The quantitative estimate of drug-likeness (QED) is 0.894. The van der Waals surface area contributed by atoms with Crippen LogP contribution in [-0.2, 0) is 11.2 Å². The summed E-state index contributed by atoms with van der Waals surface area (Å²) in [6, 6.07) is 1.04. The summed E-state index contributed by atoms with van der Waals surface area (Å²) in [6.45, 7) is 0. The first-order chi connectivity index (χ1) is 6.00. The second-order valence-corrected chi connectivity index (χ2v) is 6.25. The molecule has 0 bridgehead atoms. The van der Waals surface area contributed by atoms with E-state index in [0.29, 0.717) is 6.42 Å². The summed E-state index contributed by atoms with van der Waals surface area (Å²) in [5.74, 6) is -0.978. The third-order valence-corrected chi connectivity index (χ3v) is 3.95. The highest BCUT2D eigenvalue weighted by atomic mass is 79.9. The van der Waals surface area contributed by atoms with Gasteiger partial charge in [0.15, 0.2) is 0 Å². The van der Waals surface area contributed by atoms with Gasteiger partial charge in [0.1, 0.15) is 6.04 Å². The van der Waals surface area contributed by atoms with Gasteiger partial charge < -0.3 is 10.8 Å². The summed E-state index contributed by atoms with van der Waals surface area (Å²) in [4.78, 5) is 10.5. The van der Waals surface area contributed by atoms with Crippen LogP contribution in [0.5, 0.6) is 0 Å². The summed E-state index contributed by atoms with van der Waals surface area (Å²) in [5, 5.41) is 8.59. The van der Waals surface area contributed by atoms with E-state index < -0.39 is 12.0 Å². The second kappa shape index (κ2) is 4.54. The number of hydrogen-bond donors (Lipinski definition) is 2. The van der Waals surface area contributed by atoms with Gasteiger partial charge in [0.2, 0.25) is 0 Å². The van der Waals surface area contributed by atoms with Crippen LogP contribution >= 0.6 is 43.2 Å². The largest absolute Gasteiger partial charge is 0.480 e. The lowest BCUT2D eigenvalue weighted by Gasteiger charge is -2.03. The van der Waals surface area contributed by atoms with Gasteiger partial charge in [-0.05, 0) is 43.5 Å². The lowest BCUT2D eigenvalue weighted by Crippen LogP contribution is -2.32. The Balaban J connectivity index is 2.74. The molecule has 1 rings (SSSR count). The zero-order chi connectivity index (χ0) is 10.0. The van der Waals surface area contributed by atoms with Gasteiger partial charge in [-0.3, -0.25) is 4.79 Å². The fourth-order valence-corrected chi connectivity index (χ4v) is 3.70. The predicted molar refractivity (Wildman–Crippen MR) is 59.0 cm³/mol. The summed E-state index contributed by atoms with van der Waals surface area (Å²) in [6.07, 6.45) is 0.345. The molecule has 1 unspecified atom stereocenters. The van der Waals surface area contributed by atoms with Crippen LogP contribution in [0, 0.1) is 0 Å². The van der Waals surface area contributed by atoms with Gasteiger partial charge in [0.05, 0.1) is 7.57 Å². The Morgan fingerprint density at radius 3 is 2.69 bits per heavy atom. The van der Waals surface area contributed by atoms with Gasteiger partial charge in [0.25, 0.3) is 0 Å². The molecule has 1 atom stereocenters. The van der Waals surface area contributed by atoms with Crippen molar-refractivity contribution in [3.8, 4) is 0 Å². The van der Waals surface area contributed by atoms with Crippen molar-refractivity contribution < 1.29 is 9.90 Å². The van der Waals surface area contributed by atoms with Crippen LogP contribution in [0.1, 0.15) is 5.56 Å². The molecule has 0 saturated heterocycles. The maximum Gasteiger partial charge on any atom is 0.320 e. The molecule has 0 aliphatic carbocycles. The summed E-state index contributed by atoms with van der Waals surface area (Å²) >= 11 is 8.15. The summed E-state index contributed by atoms with van der Waals surface area (Å²) in [7, 11) is 0. The molecule has 0 radical (unpaired) electrons. The fourth-order valence-electron chi connectivity index (χ4n) is 0.838. The third kappa shape index (κ3) is 3.05. The van der Waals surface area contributed by atoms with Gasteiger partial charge in [-0.2, -0.15) is 0 Å². The van der Waals surface area contributed by atoms with Crippen molar-refractivity contribution in [1.82, 2.24) is 0 Å². The van der Waals surface area contributed by atoms with Crippen LogP contribution in [0.15, 0.2) is 13.6 Å². The summed E-state index contributed by atoms with van der Waals surface area (Å²) < 4.78 is 1.89. The van der Waals surface area contributed by atoms with E-state index in [0.717, 1.165) is 13.1 Å². The Bertz CT molecular complexity index is 326. The molecule has 1 heterocycles. The van der Waals surface area contributed by atoms with Gasteiger partial charge in [-0.15, -0.1) is 11.3 Å². The SMILES string of the molecule is NC(Cc1cc(Br)sc1Br)C(=O)O. The molecule has 1 aromatic rings. The molecule has 0 aliphatic rings. The number of nitrogens with two attached hydrogens (primary N) is 1. The Morgan fingerprint density at radius 1 is 1.69 bits per heavy atom. The van der Waals surface area contributed by atoms with Crippen molar-refractivity contribution in [2.75, 3.05) is 0 Å². The minimum Gasteiger partial charge on any atom is -0.480 e. The maximum atomic E-state index is 10.5. The highest BCUT2D eigenvalue weighted by molar-refractivity contribution is 9.12. The highest BCUT2D eigenvalue weighted by Gasteiger charge is 2.15. The lowest BCUT2D eigenvalue weighted by atomic mass is 10.1. The Kier molecular flexibility index (Phi) is 3.90. The molecule has 0 fully saturated rings. The van der Waals surface area contributed by atoms with Gasteiger partial charge in [0, 0.05) is 6.42 Å². The third-order valence-electron chi connectivity index (χ3n) is 1.48. The minimum absolute atomic E-state index is 0.345. The van der Waals surface area contributed by atoms with Crippen molar-refractivity contribution in [2.24, 2.45) is 5.73 Å². The molecular weight excluding hydrogens is 322 g/mol. The molecule has 72 valence electrons. The molecule has 0 aromatic carbocycles. The monoisotopic (exact) mass is 327 g/mol. The van der Waals surface area contributed by atoms with Crippen LogP contribution in [0.25, 0.3) is 0 Å². The van der Waals surface area contributed by atoms with Crippen LogP contribution in [0.3, 0.4) is 0 Å². The van der Waals surface area contributed by atoms with E-state index in [1.54, 1.807) is 0 Å². The molecule has 6 heteroatoms. The standard InChI is InChI=1S/C7H7Br2NO2S/c8-5-2-3(6(9)13-5)1-4(10)7(11)12/h2,4H,1,10H2,(H,11,12). The van der Waals surface area contributed by atoms with E-state index >= 15 is 0 Å². The van der Waals surface area contributed by atoms with E-state index in [2.05, 4.69) is 31.9 Å². The Labute approximate surface area is 96.2 Å². The number of rotatable bonds is 3. The van der Waals surface area contributed by atoms with E-state index in [-0.39, 0.29) is 0 Å². The minimum atomic E-state index is -0.978. The molecule has 0 spiro atoms. The average Bonchev–Trinajstić information content (AvgIpc) is 2.30. The first-order valence-corrected chi connectivity index (χ1v) is 5.83. The number of aliphatic carboxylic acids is 1. The smallest absolute Gasteiger partial charge is 0.320 e. The number of carboxylic acids is 1. The van der Waals surface area contributed by atoms with Gasteiger partial charge >= 0.3 is 5.97 Å². The predicted octanol–water partition coefficient (Wildman–Crippen LogP) is 2.23. The first-order valence-electron chi connectivity index (χ1n) is 3.43. The highest BCUT2D eigenvalue weighted by Crippen LogP contribution is 2.32. The van der Waals surface area contributed by atoms with E-state index in [9.17, 15) is 4.79 Å². The van der Waals surface area contributed by atoms with Crippen molar-refractivity contribution in [2.45, 2.75) is 12.5 Å². The van der Waals surface area contributed by atoms with E-state index in [4.69, 9.17) is 10.8 Å². The van der Waals surface area contributed by atoms with Crippen molar-refractivity contribution >= 4 is 49.2 Å². The van der Waals surface area contributed by atoms with E-state index in [1.165, 1.54) is 11.3 Å². The molecule has 1 aromatic heterocycles. The van der Waals surface area contributed by atoms with Gasteiger partial charge in [-0.1, -0.05) is 0 Å². The molecule has 3 nitrogen and oxygen atoms in total. The summed E-state index contributed by atoms with van der Waals surface area (Å²) in [5.41, 5.74) is 6.32. The van der Waals surface area contributed by atoms with E-state index in [1.807, 2.05) is 6.07 Å². The maximum absolute atomic E-state index is 10.5. The van der Waals surface area contributed by atoms with Crippen LogP contribution < -0.4 is 5.73 Å². The van der Waals surface area contributed by atoms with Crippen LogP contribution in [-0.4, -0.2) is 17.1 Å². The number of thiophene rings is 1. The molecule has 0 saturated carbocycles. The Hall–Kier alpha value is 0.0900. The number of carboxylic acid groups (broad SMARTS) is 1.